The minimum Gasteiger partial charge on any atom is -0.497 e. The summed E-state index contributed by atoms with van der Waals surface area (Å²) in [7, 11) is 1.54. The number of fused-ring (bicyclic) bond motifs is 2. The van der Waals surface area contributed by atoms with Gasteiger partial charge < -0.3 is 15.0 Å². The first-order chi connectivity index (χ1) is 18.3. The van der Waals surface area contributed by atoms with Crippen molar-refractivity contribution < 1.29 is 23.7 Å². The van der Waals surface area contributed by atoms with Crippen LogP contribution in [0.4, 0.5) is 4.79 Å². The number of amides is 4. The molecule has 4 aromatic rings. The lowest BCUT2D eigenvalue weighted by atomic mass is 9.88. The molecule has 0 aliphatic carbocycles. The van der Waals surface area contributed by atoms with Gasteiger partial charge in [-0.25, -0.2) is 19.3 Å². The number of H-pyrrole nitrogens is 1. The first-order valence-corrected chi connectivity index (χ1v) is 12.2. The van der Waals surface area contributed by atoms with Crippen molar-refractivity contribution in [2.45, 2.75) is 32.0 Å². The third-order valence-corrected chi connectivity index (χ3v) is 7.19. The van der Waals surface area contributed by atoms with Crippen LogP contribution in [0.2, 0.25) is 0 Å². The number of aromatic amines is 1. The second kappa shape index (κ2) is 8.65. The van der Waals surface area contributed by atoms with Gasteiger partial charge >= 0.3 is 6.03 Å². The van der Waals surface area contributed by atoms with Gasteiger partial charge in [0.05, 0.1) is 19.7 Å². The number of imide groups is 1. The predicted molar refractivity (Wildman–Crippen MR) is 136 cm³/mol. The van der Waals surface area contributed by atoms with Crippen LogP contribution >= 0.6 is 0 Å². The lowest BCUT2D eigenvalue weighted by Gasteiger charge is -2.31. The van der Waals surface area contributed by atoms with Crippen molar-refractivity contribution in [3.05, 3.63) is 71.8 Å². The quantitative estimate of drug-likeness (QED) is 0.268. The van der Waals surface area contributed by atoms with E-state index >= 15 is 0 Å². The Morgan fingerprint density at radius 2 is 1.89 bits per heavy atom. The monoisotopic (exact) mass is 512 g/mol. The molecule has 1 atom stereocenters. The van der Waals surface area contributed by atoms with E-state index in [0.29, 0.717) is 23.4 Å². The number of carbonyl (C=O) groups is 3. The minimum atomic E-state index is -1.44. The maximum absolute atomic E-state index is 13.2. The normalized spacial score (nSPS) is 18.7. The largest absolute Gasteiger partial charge is 0.497 e. The summed E-state index contributed by atoms with van der Waals surface area (Å²) in [5.41, 5.74) is 3.63. The number of carbonyl (C=O) groups excluding carboxylic acids is 3. The Hall–Kier alpha value is -4.80. The molecule has 38 heavy (non-hydrogen) atoms. The van der Waals surface area contributed by atoms with Gasteiger partial charge in [-0.05, 0) is 37.1 Å². The molecule has 2 aromatic heterocycles. The molecule has 2 aliphatic rings. The zero-order chi connectivity index (χ0) is 26.6. The molecule has 0 saturated carbocycles. The van der Waals surface area contributed by atoms with E-state index in [1.165, 1.54) is 6.33 Å². The maximum atomic E-state index is 13.2. The number of nitrogens with zero attached hydrogens (tertiary/aromatic N) is 4. The summed E-state index contributed by atoms with van der Waals surface area (Å²) in [6.45, 7) is 4.45. The van der Waals surface area contributed by atoms with E-state index in [1.54, 1.807) is 36.3 Å². The van der Waals surface area contributed by atoms with Gasteiger partial charge in [0.1, 0.15) is 17.8 Å². The van der Waals surface area contributed by atoms with Gasteiger partial charge in [0.25, 0.3) is 17.5 Å². The van der Waals surface area contributed by atoms with E-state index in [-0.39, 0.29) is 18.5 Å². The molecule has 11 nitrogen and oxygen atoms in total. The Bertz CT molecular complexity index is 1610. The number of hydrogen-bond donors (Lipinski definition) is 3. The van der Waals surface area contributed by atoms with Crippen LogP contribution in [0.1, 0.15) is 41.4 Å². The van der Waals surface area contributed by atoms with Crippen molar-refractivity contribution in [3.63, 3.8) is 0 Å². The van der Waals surface area contributed by atoms with Crippen LogP contribution in [-0.2, 0) is 16.9 Å². The van der Waals surface area contributed by atoms with Gasteiger partial charge in [0.2, 0.25) is 11.8 Å². The van der Waals surface area contributed by atoms with Crippen molar-refractivity contribution in [1.29, 1.82) is 0 Å². The summed E-state index contributed by atoms with van der Waals surface area (Å²) < 4.78 is 7.33. The molecule has 192 valence electrons. The van der Waals surface area contributed by atoms with Gasteiger partial charge in [-0.2, -0.15) is 4.98 Å². The molecule has 2 aliphatic heterocycles. The van der Waals surface area contributed by atoms with E-state index in [0.717, 1.165) is 28.0 Å². The SMILES string of the molecule is COc1ccc2c(c1)C(=O)N(C[C@@]1(c3ccc(-c4ncnc5[nH]c[n+](C(C)C)c45)cc3)NC(=O)NC1=O)C2. The first kappa shape index (κ1) is 23.6. The Morgan fingerprint density at radius 3 is 2.58 bits per heavy atom. The number of aromatic nitrogens is 4. The van der Waals surface area contributed by atoms with E-state index in [9.17, 15) is 14.4 Å². The highest BCUT2D eigenvalue weighted by Crippen LogP contribution is 2.33. The van der Waals surface area contributed by atoms with E-state index < -0.39 is 17.5 Å². The number of urea groups is 1. The standard InChI is InChI=1S/C27H25N7O4/c1-15(2)34-14-30-23-22(34)21(28-13-29-23)16-4-7-18(8-5-16)27(25(36)31-26(37)32-27)12-33-11-17-6-9-19(38-3)10-20(17)24(33)35/h4-10,13-15H,11-12H2,1-3H3,(H2,31,32,36,37)/p+1/t27-/m0/s1. The molecule has 3 N–H and O–H groups in total. The third-order valence-electron chi connectivity index (χ3n) is 7.19. The molecule has 0 spiro atoms. The fourth-order valence-electron chi connectivity index (χ4n) is 5.23. The van der Waals surface area contributed by atoms with Gasteiger partial charge in [0.15, 0.2) is 5.54 Å². The molecule has 4 amide bonds. The summed E-state index contributed by atoms with van der Waals surface area (Å²) >= 11 is 0. The highest BCUT2D eigenvalue weighted by molar-refractivity contribution is 6.08. The molecule has 0 unspecified atom stereocenters. The van der Waals surface area contributed by atoms with Crippen LogP contribution in [0.15, 0.2) is 55.1 Å². The van der Waals surface area contributed by atoms with Crippen molar-refractivity contribution in [1.82, 2.24) is 30.5 Å². The first-order valence-electron chi connectivity index (χ1n) is 12.2. The second-order valence-corrected chi connectivity index (χ2v) is 9.77. The van der Waals surface area contributed by atoms with E-state index in [4.69, 9.17) is 4.74 Å². The molecule has 0 bridgehead atoms. The van der Waals surface area contributed by atoms with Crippen molar-refractivity contribution >= 4 is 29.0 Å². The molecular weight excluding hydrogens is 486 g/mol. The summed E-state index contributed by atoms with van der Waals surface area (Å²) in [6.07, 6.45) is 3.38. The molecular formula is C27H26N7O4+. The van der Waals surface area contributed by atoms with Gasteiger partial charge in [-0.1, -0.05) is 30.3 Å². The average Bonchev–Trinajstić information content (AvgIpc) is 3.57. The lowest BCUT2D eigenvalue weighted by Crippen LogP contribution is -2.52. The van der Waals surface area contributed by atoms with Crippen LogP contribution in [0, 0.1) is 0 Å². The fraction of sp³-hybridized carbons (Fsp3) is 0.259. The maximum Gasteiger partial charge on any atom is 0.322 e. The van der Waals surface area contributed by atoms with Crippen LogP contribution in [0.5, 0.6) is 5.75 Å². The number of rotatable bonds is 6. The van der Waals surface area contributed by atoms with Crippen LogP contribution < -0.4 is 19.9 Å². The van der Waals surface area contributed by atoms with Gasteiger partial charge in [0, 0.05) is 17.7 Å². The Morgan fingerprint density at radius 1 is 1.11 bits per heavy atom. The average molecular weight is 513 g/mol. The highest BCUT2D eigenvalue weighted by Gasteiger charge is 2.50. The van der Waals surface area contributed by atoms with Crippen LogP contribution in [-0.4, -0.2) is 51.4 Å². The van der Waals surface area contributed by atoms with Crippen molar-refractivity contribution in [3.8, 4) is 17.0 Å². The summed E-state index contributed by atoms with van der Waals surface area (Å²) in [5, 5.41) is 5.13. The fourth-order valence-corrected chi connectivity index (χ4v) is 5.23. The van der Waals surface area contributed by atoms with E-state index in [1.807, 2.05) is 24.5 Å². The summed E-state index contributed by atoms with van der Waals surface area (Å²) in [6, 6.07) is 12.2. The van der Waals surface area contributed by atoms with Crippen molar-refractivity contribution in [2.24, 2.45) is 0 Å². The number of nitrogens with one attached hydrogen (secondary N) is 3. The molecule has 1 fully saturated rings. The van der Waals surface area contributed by atoms with Crippen LogP contribution in [0.25, 0.3) is 22.4 Å². The van der Waals surface area contributed by atoms with Gasteiger partial charge in [-0.3, -0.25) is 14.9 Å². The summed E-state index contributed by atoms with van der Waals surface area (Å²) in [4.78, 5) is 52.4. The van der Waals surface area contributed by atoms with Crippen LogP contribution in [0.3, 0.4) is 0 Å². The molecule has 2 aromatic carbocycles. The molecule has 11 heteroatoms. The predicted octanol–water partition coefficient (Wildman–Crippen LogP) is 2.19. The number of methoxy groups -OCH3 is 1. The number of benzene rings is 2. The number of hydrogen-bond acceptors (Lipinski definition) is 6. The summed E-state index contributed by atoms with van der Waals surface area (Å²) in [5.74, 6) is -0.154. The van der Waals surface area contributed by atoms with Gasteiger partial charge in [-0.15, -0.1) is 0 Å². The Kier molecular flexibility index (Phi) is 5.37. The Balaban J connectivity index is 1.36. The topological polar surface area (TPSA) is 133 Å². The molecule has 4 heterocycles. The van der Waals surface area contributed by atoms with E-state index in [2.05, 4.69) is 44.0 Å². The molecule has 1 saturated heterocycles. The zero-order valence-corrected chi connectivity index (χ0v) is 21.1. The lowest BCUT2D eigenvalue weighted by molar-refractivity contribution is -0.691. The Labute approximate surface area is 217 Å². The second-order valence-electron chi connectivity index (χ2n) is 9.77. The molecule has 0 radical (unpaired) electrons. The zero-order valence-electron chi connectivity index (χ0n) is 21.1. The minimum absolute atomic E-state index is 0.0251. The molecule has 6 rings (SSSR count). The number of imidazole rings is 1. The smallest absolute Gasteiger partial charge is 0.322 e. The third kappa shape index (κ3) is 3.58. The van der Waals surface area contributed by atoms with Crippen molar-refractivity contribution in [2.75, 3.05) is 13.7 Å². The highest BCUT2D eigenvalue weighted by atomic mass is 16.5. The number of ether oxygens (including phenoxy) is 1.